The van der Waals surface area contributed by atoms with Crippen LogP contribution in [-0.2, 0) is 17.6 Å². The van der Waals surface area contributed by atoms with E-state index in [2.05, 4.69) is 68.7 Å². The first-order valence-electron chi connectivity index (χ1n) is 7.90. The van der Waals surface area contributed by atoms with Gasteiger partial charge in [-0.25, -0.2) is 0 Å². The lowest BCUT2D eigenvalue weighted by Crippen LogP contribution is -2.22. The maximum atomic E-state index is 6.03. The average Bonchev–Trinajstić information content (AvgIpc) is 2.70. The normalized spacial score (nSPS) is 31.5. The van der Waals surface area contributed by atoms with Gasteiger partial charge in [0.05, 0.1) is 12.2 Å². The molecule has 0 aliphatic carbocycles. The number of rotatable bonds is 4. The number of benzene rings is 1. The highest BCUT2D eigenvalue weighted by atomic mass is 79.9. The Morgan fingerprint density at radius 2 is 1.80 bits per heavy atom. The zero-order valence-electron chi connectivity index (χ0n) is 13.3. The molecule has 2 rings (SSSR count). The second-order valence-electron chi connectivity index (χ2n) is 6.12. The molecule has 1 aromatic rings. The van der Waals surface area contributed by atoms with E-state index in [4.69, 9.17) is 4.74 Å². The van der Waals surface area contributed by atoms with E-state index in [-0.39, 0.29) is 0 Å². The van der Waals surface area contributed by atoms with Crippen molar-refractivity contribution < 1.29 is 4.74 Å². The van der Waals surface area contributed by atoms with Gasteiger partial charge in [0, 0.05) is 10.7 Å². The Morgan fingerprint density at radius 1 is 1.10 bits per heavy atom. The van der Waals surface area contributed by atoms with Crippen LogP contribution in [0.15, 0.2) is 18.2 Å². The van der Waals surface area contributed by atoms with Crippen molar-refractivity contribution in [1.82, 2.24) is 0 Å². The standard InChI is InChI=1S/C18H27BrO/c1-6-14-8-9-15(7-2)16(10-14)18(19)17-11(3)12(4)20-13(17)5/h8-13,17-18H,6-7H2,1-5H3. The van der Waals surface area contributed by atoms with Crippen LogP contribution in [0, 0.1) is 11.8 Å². The first-order valence-corrected chi connectivity index (χ1v) is 8.82. The number of ether oxygens (including phenoxy) is 1. The molecule has 5 unspecified atom stereocenters. The smallest absolute Gasteiger partial charge is 0.0596 e. The maximum absolute atomic E-state index is 6.03. The molecule has 1 saturated heterocycles. The minimum absolute atomic E-state index is 0.319. The molecule has 1 fully saturated rings. The lowest BCUT2D eigenvalue weighted by molar-refractivity contribution is 0.0511. The third-order valence-corrected chi connectivity index (χ3v) is 6.06. The summed E-state index contributed by atoms with van der Waals surface area (Å²) < 4.78 is 6.03. The van der Waals surface area contributed by atoms with E-state index in [1.165, 1.54) is 16.7 Å². The highest BCUT2D eigenvalue weighted by molar-refractivity contribution is 9.09. The molecule has 1 aliphatic heterocycles. The summed E-state index contributed by atoms with van der Waals surface area (Å²) in [6.45, 7) is 11.2. The molecule has 0 saturated carbocycles. The summed E-state index contributed by atoms with van der Waals surface area (Å²) in [4.78, 5) is 0.388. The van der Waals surface area contributed by atoms with Crippen LogP contribution in [0.25, 0.3) is 0 Å². The molecular weight excluding hydrogens is 312 g/mol. The molecule has 112 valence electrons. The number of halogens is 1. The predicted octanol–water partition coefficient (Wildman–Crippen LogP) is 5.31. The van der Waals surface area contributed by atoms with Crippen molar-refractivity contribution in [3.63, 3.8) is 0 Å². The molecule has 0 N–H and O–H groups in total. The monoisotopic (exact) mass is 338 g/mol. The molecule has 1 heterocycles. The summed E-state index contributed by atoms with van der Waals surface area (Å²) in [5.74, 6) is 1.13. The number of hydrogen-bond acceptors (Lipinski definition) is 1. The molecular formula is C18H27BrO. The van der Waals surface area contributed by atoms with Gasteiger partial charge in [-0.15, -0.1) is 0 Å². The molecule has 5 atom stereocenters. The van der Waals surface area contributed by atoms with Crippen LogP contribution in [-0.4, -0.2) is 12.2 Å². The van der Waals surface area contributed by atoms with E-state index in [0.717, 1.165) is 12.8 Å². The summed E-state index contributed by atoms with van der Waals surface area (Å²) in [5.41, 5.74) is 4.35. The largest absolute Gasteiger partial charge is 0.375 e. The molecule has 0 bridgehead atoms. The van der Waals surface area contributed by atoms with E-state index >= 15 is 0 Å². The van der Waals surface area contributed by atoms with E-state index in [1.807, 2.05) is 0 Å². The van der Waals surface area contributed by atoms with E-state index in [1.54, 1.807) is 0 Å². The Balaban J connectivity index is 2.34. The maximum Gasteiger partial charge on any atom is 0.0596 e. The highest BCUT2D eigenvalue weighted by Crippen LogP contribution is 2.46. The number of alkyl halides is 1. The van der Waals surface area contributed by atoms with Crippen LogP contribution in [0.4, 0.5) is 0 Å². The summed E-state index contributed by atoms with van der Waals surface area (Å²) in [6.07, 6.45) is 2.86. The van der Waals surface area contributed by atoms with Crippen molar-refractivity contribution in [1.29, 1.82) is 0 Å². The van der Waals surface area contributed by atoms with Crippen LogP contribution < -0.4 is 0 Å². The second-order valence-corrected chi connectivity index (χ2v) is 7.11. The Labute approximate surface area is 132 Å². The highest BCUT2D eigenvalue weighted by Gasteiger charge is 2.41. The van der Waals surface area contributed by atoms with Gasteiger partial charge in [-0.05, 0) is 49.3 Å². The van der Waals surface area contributed by atoms with E-state index in [0.29, 0.717) is 28.9 Å². The van der Waals surface area contributed by atoms with Gasteiger partial charge in [-0.2, -0.15) is 0 Å². The van der Waals surface area contributed by atoms with E-state index < -0.39 is 0 Å². The zero-order valence-corrected chi connectivity index (χ0v) is 14.9. The fraction of sp³-hybridized carbons (Fsp3) is 0.667. The third-order valence-electron chi connectivity index (χ3n) is 4.95. The third kappa shape index (κ3) is 2.96. The van der Waals surface area contributed by atoms with Crippen molar-refractivity contribution in [3.05, 3.63) is 34.9 Å². The van der Waals surface area contributed by atoms with Crippen LogP contribution in [0.5, 0.6) is 0 Å². The molecule has 1 aliphatic rings. The Kier molecular flexibility index (Phi) is 5.30. The predicted molar refractivity (Wildman–Crippen MR) is 89.5 cm³/mol. The van der Waals surface area contributed by atoms with Crippen LogP contribution in [0.2, 0.25) is 0 Å². The summed E-state index contributed by atoms with van der Waals surface area (Å²) >= 11 is 4.00. The molecule has 2 heteroatoms. The van der Waals surface area contributed by atoms with Crippen LogP contribution in [0.1, 0.15) is 56.1 Å². The summed E-state index contributed by atoms with van der Waals surface area (Å²) in [7, 11) is 0. The second kappa shape index (κ2) is 6.62. The molecule has 0 aromatic heterocycles. The lowest BCUT2D eigenvalue weighted by atomic mass is 9.82. The van der Waals surface area contributed by atoms with Crippen molar-refractivity contribution in [2.45, 2.75) is 64.5 Å². The SMILES string of the molecule is CCc1ccc(CC)c(C(Br)C2C(C)OC(C)C2C)c1. The van der Waals surface area contributed by atoms with Crippen molar-refractivity contribution >= 4 is 15.9 Å². The first kappa shape index (κ1) is 16.0. The van der Waals surface area contributed by atoms with Gasteiger partial charge in [0.15, 0.2) is 0 Å². The van der Waals surface area contributed by atoms with Crippen molar-refractivity contribution in [2.24, 2.45) is 11.8 Å². The summed E-state index contributed by atoms with van der Waals surface area (Å²) in [6, 6.07) is 6.96. The molecule has 20 heavy (non-hydrogen) atoms. The van der Waals surface area contributed by atoms with Gasteiger partial charge in [-0.1, -0.05) is 54.9 Å². The van der Waals surface area contributed by atoms with Gasteiger partial charge >= 0.3 is 0 Å². The molecule has 1 aromatic carbocycles. The zero-order chi connectivity index (χ0) is 14.9. The van der Waals surface area contributed by atoms with Gasteiger partial charge < -0.3 is 4.74 Å². The Morgan fingerprint density at radius 3 is 2.30 bits per heavy atom. The van der Waals surface area contributed by atoms with Crippen molar-refractivity contribution in [2.75, 3.05) is 0 Å². The number of aryl methyl sites for hydroxylation is 2. The average molecular weight is 339 g/mol. The van der Waals surface area contributed by atoms with Gasteiger partial charge in [0.2, 0.25) is 0 Å². The minimum Gasteiger partial charge on any atom is -0.375 e. The Hall–Kier alpha value is -0.340. The summed E-state index contributed by atoms with van der Waals surface area (Å²) in [5, 5.41) is 0. The van der Waals surface area contributed by atoms with Gasteiger partial charge in [0.25, 0.3) is 0 Å². The fourth-order valence-electron chi connectivity index (χ4n) is 3.45. The molecule has 0 amide bonds. The van der Waals surface area contributed by atoms with Gasteiger partial charge in [-0.3, -0.25) is 0 Å². The lowest BCUT2D eigenvalue weighted by Gasteiger charge is -2.27. The first-order chi connectivity index (χ1) is 9.49. The number of hydrogen-bond donors (Lipinski definition) is 0. The van der Waals surface area contributed by atoms with Crippen LogP contribution in [0.3, 0.4) is 0 Å². The molecule has 0 radical (unpaired) electrons. The van der Waals surface area contributed by atoms with E-state index in [9.17, 15) is 0 Å². The van der Waals surface area contributed by atoms with Crippen LogP contribution >= 0.6 is 15.9 Å². The fourth-order valence-corrected chi connectivity index (χ4v) is 4.79. The quantitative estimate of drug-likeness (QED) is 0.676. The Bertz CT molecular complexity index is 457. The topological polar surface area (TPSA) is 9.23 Å². The van der Waals surface area contributed by atoms with Gasteiger partial charge in [0.1, 0.15) is 0 Å². The van der Waals surface area contributed by atoms with Crippen molar-refractivity contribution in [3.8, 4) is 0 Å². The molecule has 0 spiro atoms. The molecule has 1 nitrogen and oxygen atoms in total. The minimum atomic E-state index is 0.319.